The van der Waals surface area contributed by atoms with Crippen LogP contribution in [-0.2, 0) is 16.4 Å². The minimum absolute atomic E-state index is 0.00279. The summed E-state index contributed by atoms with van der Waals surface area (Å²) < 4.78 is 28.0. The fraction of sp³-hybridized carbons (Fsp3) is 0.261. The zero-order valence-corrected chi connectivity index (χ0v) is 18.8. The highest BCUT2D eigenvalue weighted by atomic mass is 32.2. The van der Waals surface area contributed by atoms with E-state index in [4.69, 9.17) is 0 Å². The Morgan fingerprint density at radius 3 is 2.53 bits per heavy atom. The van der Waals surface area contributed by atoms with E-state index in [1.165, 1.54) is 30.7 Å². The van der Waals surface area contributed by atoms with Crippen molar-refractivity contribution in [1.29, 1.82) is 0 Å². The molecule has 168 valence electrons. The molecule has 2 heterocycles. The number of hydrogen-bond donors (Lipinski definition) is 2. The van der Waals surface area contributed by atoms with Gasteiger partial charge in [-0.3, -0.25) is 9.78 Å². The fourth-order valence-corrected chi connectivity index (χ4v) is 4.76. The fourth-order valence-electron chi connectivity index (χ4n) is 3.41. The molecule has 0 fully saturated rings. The Bertz CT molecular complexity index is 1230. The molecule has 0 saturated heterocycles. The number of amides is 1. The van der Waals surface area contributed by atoms with Crippen molar-refractivity contribution in [3.63, 3.8) is 0 Å². The van der Waals surface area contributed by atoms with Gasteiger partial charge in [0.25, 0.3) is 10.0 Å². The normalized spacial score (nSPS) is 12.8. The monoisotopic (exact) mass is 455 g/mol. The third-order valence-electron chi connectivity index (χ3n) is 5.18. The Hall–Kier alpha value is -3.46. The van der Waals surface area contributed by atoms with E-state index < -0.39 is 27.6 Å². The second-order valence-electron chi connectivity index (χ2n) is 8.50. The van der Waals surface area contributed by atoms with Crippen molar-refractivity contribution < 1.29 is 23.1 Å². The number of aromatic nitrogens is 2. The number of carbonyl (C=O) groups excluding carboxylic acids is 1. The molecule has 1 amide bonds. The summed E-state index contributed by atoms with van der Waals surface area (Å²) in [6, 6.07) is 10.9. The maximum Gasteiger partial charge on any atom is 0.404 e. The predicted octanol–water partition coefficient (Wildman–Crippen LogP) is 3.82. The van der Waals surface area contributed by atoms with Gasteiger partial charge in [-0.25, -0.2) is 17.2 Å². The van der Waals surface area contributed by atoms with Gasteiger partial charge in [-0.05, 0) is 35.6 Å². The van der Waals surface area contributed by atoms with Crippen LogP contribution in [-0.4, -0.2) is 40.9 Å². The molecule has 1 aromatic carbocycles. The summed E-state index contributed by atoms with van der Waals surface area (Å²) in [5, 5.41) is 11.8. The van der Waals surface area contributed by atoms with Crippen molar-refractivity contribution >= 4 is 22.4 Å². The molecule has 2 N–H and O–H groups in total. The number of aldehydes is 1. The molecule has 9 heteroatoms. The minimum Gasteiger partial charge on any atom is -0.465 e. The molecule has 0 saturated carbocycles. The van der Waals surface area contributed by atoms with Gasteiger partial charge in [0, 0.05) is 35.8 Å². The molecule has 1 unspecified atom stereocenters. The summed E-state index contributed by atoms with van der Waals surface area (Å²) in [5.74, 6) is 0. The first-order valence-electron chi connectivity index (χ1n) is 9.95. The molecular formula is C23H25N3O5S. The number of rotatable bonds is 7. The second kappa shape index (κ2) is 8.96. The van der Waals surface area contributed by atoms with Crippen LogP contribution in [0.3, 0.4) is 0 Å². The van der Waals surface area contributed by atoms with E-state index in [1.807, 2.05) is 20.8 Å². The Labute approximate surface area is 187 Å². The van der Waals surface area contributed by atoms with E-state index in [9.17, 15) is 23.1 Å². The predicted molar refractivity (Wildman–Crippen MR) is 120 cm³/mol. The van der Waals surface area contributed by atoms with Gasteiger partial charge in [-0.15, -0.1) is 0 Å². The van der Waals surface area contributed by atoms with Crippen molar-refractivity contribution in [2.75, 3.05) is 0 Å². The van der Waals surface area contributed by atoms with Gasteiger partial charge >= 0.3 is 6.09 Å². The molecule has 2 aromatic heterocycles. The SMILES string of the molecule is CC(C)(C)C(Cc1cc(-c2ccccc2C=O)n(S(=O)(=O)c2cccnc2)c1)NC(=O)O. The van der Waals surface area contributed by atoms with Crippen LogP contribution in [0.4, 0.5) is 4.79 Å². The van der Waals surface area contributed by atoms with Crippen LogP contribution in [0.5, 0.6) is 0 Å². The van der Waals surface area contributed by atoms with Crippen LogP contribution in [0.2, 0.25) is 0 Å². The zero-order chi connectivity index (χ0) is 23.5. The summed E-state index contributed by atoms with van der Waals surface area (Å²) in [6.45, 7) is 5.71. The average molecular weight is 456 g/mol. The first-order valence-corrected chi connectivity index (χ1v) is 11.4. The van der Waals surface area contributed by atoms with Crippen molar-refractivity contribution in [1.82, 2.24) is 14.3 Å². The van der Waals surface area contributed by atoms with Crippen LogP contribution >= 0.6 is 0 Å². The molecule has 0 aliphatic heterocycles. The van der Waals surface area contributed by atoms with Crippen molar-refractivity contribution in [3.8, 4) is 11.3 Å². The highest BCUT2D eigenvalue weighted by molar-refractivity contribution is 7.90. The molecule has 1 atom stereocenters. The summed E-state index contributed by atoms with van der Waals surface area (Å²) in [4.78, 5) is 26.8. The Balaban J connectivity index is 2.19. The van der Waals surface area contributed by atoms with E-state index in [1.54, 1.807) is 30.3 Å². The number of hydrogen-bond acceptors (Lipinski definition) is 5. The summed E-state index contributed by atoms with van der Waals surface area (Å²) >= 11 is 0. The van der Waals surface area contributed by atoms with E-state index in [0.29, 0.717) is 28.7 Å². The molecule has 32 heavy (non-hydrogen) atoms. The third kappa shape index (κ3) is 4.88. The van der Waals surface area contributed by atoms with Crippen molar-refractivity contribution in [3.05, 3.63) is 72.2 Å². The van der Waals surface area contributed by atoms with E-state index in [2.05, 4.69) is 10.3 Å². The average Bonchev–Trinajstić information content (AvgIpc) is 3.17. The van der Waals surface area contributed by atoms with Gasteiger partial charge in [-0.2, -0.15) is 0 Å². The number of nitrogens with zero attached hydrogens (tertiary/aromatic N) is 2. The van der Waals surface area contributed by atoms with E-state index in [-0.39, 0.29) is 11.3 Å². The maximum atomic E-state index is 13.4. The first-order chi connectivity index (χ1) is 15.0. The first kappa shape index (κ1) is 23.2. The van der Waals surface area contributed by atoms with Gasteiger partial charge in [0.1, 0.15) is 4.90 Å². The van der Waals surface area contributed by atoms with Gasteiger partial charge in [0.2, 0.25) is 0 Å². The summed E-state index contributed by atoms with van der Waals surface area (Å²) in [5.41, 5.74) is 1.32. The lowest BCUT2D eigenvalue weighted by Crippen LogP contribution is -2.44. The molecule has 0 spiro atoms. The molecule has 8 nitrogen and oxygen atoms in total. The van der Waals surface area contributed by atoms with Gasteiger partial charge < -0.3 is 10.4 Å². The highest BCUT2D eigenvalue weighted by Crippen LogP contribution is 2.31. The summed E-state index contributed by atoms with van der Waals surface area (Å²) in [7, 11) is -4.01. The quantitative estimate of drug-likeness (QED) is 0.523. The van der Waals surface area contributed by atoms with Gasteiger partial charge in [-0.1, -0.05) is 45.0 Å². The van der Waals surface area contributed by atoms with Crippen molar-refractivity contribution in [2.45, 2.75) is 38.1 Å². The van der Waals surface area contributed by atoms with Crippen molar-refractivity contribution in [2.24, 2.45) is 5.41 Å². The molecule has 0 aliphatic carbocycles. The lowest BCUT2D eigenvalue weighted by molar-refractivity contribution is 0.112. The number of pyridine rings is 1. The molecule has 0 radical (unpaired) electrons. The minimum atomic E-state index is -4.01. The van der Waals surface area contributed by atoms with Gasteiger partial charge in [0.15, 0.2) is 6.29 Å². The van der Waals surface area contributed by atoms with E-state index in [0.717, 1.165) is 3.97 Å². The standard InChI is InChI=1S/C23H25N3O5S/c1-23(2,3)21(25-22(28)29)12-16-11-20(19-9-5-4-7-17(19)15-27)26(14-16)32(30,31)18-8-6-10-24-13-18/h4-11,13-15,21,25H,12H2,1-3H3,(H,28,29). The van der Waals surface area contributed by atoms with Crippen LogP contribution in [0, 0.1) is 5.41 Å². The van der Waals surface area contributed by atoms with Crippen LogP contribution in [0.15, 0.2) is 66.0 Å². The number of nitrogens with one attached hydrogen (secondary N) is 1. The lowest BCUT2D eigenvalue weighted by atomic mass is 9.83. The molecule has 0 bridgehead atoms. The number of carbonyl (C=O) groups is 2. The summed E-state index contributed by atoms with van der Waals surface area (Å²) in [6.07, 6.45) is 4.00. The lowest BCUT2D eigenvalue weighted by Gasteiger charge is -2.30. The largest absolute Gasteiger partial charge is 0.465 e. The number of benzene rings is 1. The molecule has 3 rings (SSSR count). The molecule has 0 aliphatic rings. The number of carboxylic acid groups (broad SMARTS) is 1. The maximum absolute atomic E-state index is 13.4. The Morgan fingerprint density at radius 2 is 1.94 bits per heavy atom. The van der Waals surface area contributed by atoms with Crippen LogP contribution in [0.1, 0.15) is 36.7 Å². The topological polar surface area (TPSA) is 118 Å². The Kier molecular flexibility index (Phi) is 6.50. The van der Waals surface area contributed by atoms with Crippen LogP contribution in [0.25, 0.3) is 11.3 Å². The highest BCUT2D eigenvalue weighted by Gasteiger charge is 2.29. The zero-order valence-electron chi connectivity index (χ0n) is 18.0. The Morgan fingerprint density at radius 1 is 1.22 bits per heavy atom. The van der Waals surface area contributed by atoms with Gasteiger partial charge in [0.05, 0.1) is 5.69 Å². The van der Waals surface area contributed by atoms with Crippen LogP contribution < -0.4 is 5.32 Å². The smallest absolute Gasteiger partial charge is 0.404 e. The second-order valence-corrected chi connectivity index (χ2v) is 10.3. The molecular weight excluding hydrogens is 430 g/mol. The third-order valence-corrected chi connectivity index (χ3v) is 6.84. The molecule has 3 aromatic rings. The van der Waals surface area contributed by atoms with E-state index >= 15 is 0 Å².